The lowest BCUT2D eigenvalue weighted by Crippen LogP contribution is -2.44. The van der Waals surface area contributed by atoms with Gasteiger partial charge in [0.1, 0.15) is 11.6 Å². The van der Waals surface area contributed by atoms with Crippen molar-refractivity contribution in [2.45, 2.75) is 0 Å². The van der Waals surface area contributed by atoms with Crippen molar-refractivity contribution in [3.05, 3.63) is 71.7 Å². The maximum atomic E-state index is 14.8. The number of primary amides is 1. The first kappa shape index (κ1) is 25.6. The minimum Gasteiger partial charge on any atom is -0.378 e. The number of piperazine rings is 1. The zero-order chi connectivity index (χ0) is 26.6. The van der Waals surface area contributed by atoms with Crippen LogP contribution >= 0.6 is 0 Å². The third-order valence-electron chi connectivity index (χ3n) is 6.96. The van der Waals surface area contributed by atoms with Gasteiger partial charge < -0.3 is 30.5 Å². The van der Waals surface area contributed by atoms with Crippen molar-refractivity contribution in [3.8, 4) is 11.1 Å². The zero-order valence-electron chi connectivity index (χ0n) is 21.3. The fraction of sp³-hybridized carbons (Fsp3) is 0.321. The molecule has 2 aliphatic heterocycles. The molecule has 2 amide bonds. The number of rotatable bonds is 6. The molecule has 0 atom stereocenters. The summed E-state index contributed by atoms with van der Waals surface area (Å²) >= 11 is 0. The molecule has 0 saturated carbocycles. The standard InChI is InChI=1S/C28H31FN6O3/c1-33-7-9-35(10-8-33)25-6-5-19(18-31-25)28(37)32-24-4-2-3-23(27(30)36)26(24)20-15-21(29)17-22(16-20)34-11-13-38-14-12-34/h2-6,15-18H,7-14H2,1H3,(H2,30,36)(H,32,37). The molecule has 0 radical (unpaired) electrons. The number of nitrogens with one attached hydrogen (secondary N) is 1. The number of halogens is 1. The smallest absolute Gasteiger partial charge is 0.257 e. The average Bonchev–Trinajstić information content (AvgIpc) is 2.93. The number of pyridine rings is 1. The lowest BCUT2D eigenvalue weighted by molar-refractivity contribution is 0.0996. The van der Waals surface area contributed by atoms with Crippen molar-refractivity contribution >= 4 is 29.0 Å². The van der Waals surface area contributed by atoms with Gasteiger partial charge in [-0.05, 0) is 55.1 Å². The number of anilines is 3. The second-order valence-corrected chi connectivity index (χ2v) is 9.54. The average molecular weight is 519 g/mol. The van der Waals surface area contributed by atoms with E-state index in [1.807, 2.05) is 11.0 Å². The van der Waals surface area contributed by atoms with E-state index < -0.39 is 17.6 Å². The second-order valence-electron chi connectivity index (χ2n) is 9.54. The second kappa shape index (κ2) is 11.2. The summed E-state index contributed by atoms with van der Waals surface area (Å²) in [5, 5.41) is 2.88. The molecule has 2 aromatic carbocycles. The molecular formula is C28H31FN6O3. The SMILES string of the molecule is CN1CCN(c2ccc(C(=O)Nc3cccc(C(N)=O)c3-c3cc(F)cc(N4CCOCC4)c3)cn2)CC1. The third-order valence-corrected chi connectivity index (χ3v) is 6.96. The Bertz CT molecular complexity index is 1320. The number of morpholine rings is 1. The zero-order valence-corrected chi connectivity index (χ0v) is 21.3. The summed E-state index contributed by atoms with van der Waals surface area (Å²) < 4.78 is 20.2. The largest absolute Gasteiger partial charge is 0.378 e. The summed E-state index contributed by atoms with van der Waals surface area (Å²) in [5.74, 6) is -0.702. The Morgan fingerprint density at radius 2 is 1.74 bits per heavy atom. The van der Waals surface area contributed by atoms with Crippen LogP contribution in [0.25, 0.3) is 11.1 Å². The van der Waals surface area contributed by atoms with Crippen LogP contribution in [-0.4, -0.2) is 81.2 Å². The molecule has 0 bridgehead atoms. The first-order valence-corrected chi connectivity index (χ1v) is 12.7. The molecule has 0 aliphatic carbocycles. The van der Waals surface area contributed by atoms with Crippen LogP contribution in [0.3, 0.4) is 0 Å². The highest BCUT2D eigenvalue weighted by Crippen LogP contribution is 2.35. The van der Waals surface area contributed by atoms with Crippen LogP contribution in [0.4, 0.5) is 21.6 Å². The molecule has 2 aliphatic rings. The van der Waals surface area contributed by atoms with Crippen molar-refractivity contribution in [1.82, 2.24) is 9.88 Å². The number of amides is 2. The summed E-state index contributed by atoms with van der Waals surface area (Å²) in [7, 11) is 2.09. The number of nitrogens with zero attached hydrogens (tertiary/aromatic N) is 4. The Hall–Kier alpha value is -4.02. The summed E-state index contributed by atoms with van der Waals surface area (Å²) in [4.78, 5) is 36.5. The number of likely N-dealkylation sites (N-methyl/N-ethyl adjacent to an activating group) is 1. The van der Waals surface area contributed by atoms with E-state index in [4.69, 9.17) is 10.5 Å². The van der Waals surface area contributed by atoms with Gasteiger partial charge in [-0.3, -0.25) is 9.59 Å². The lowest BCUT2D eigenvalue weighted by atomic mass is 9.96. The Balaban J connectivity index is 1.43. The van der Waals surface area contributed by atoms with E-state index in [1.54, 1.807) is 36.5 Å². The van der Waals surface area contributed by atoms with E-state index in [-0.39, 0.29) is 5.56 Å². The number of benzene rings is 2. The van der Waals surface area contributed by atoms with E-state index in [0.717, 1.165) is 32.0 Å². The van der Waals surface area contributed by atoms with Gasteiger partial charge in [0.05, 0.1) is 18.8 Å². The predicted octanol–water partition coefficient (Wildman–Crippen LogP) is 2.83. The van der Waals surface area contributed by atoms with Crippen LogP contribution < -0.4 is 20.9 Å². The van der Waals surface area contributed by atoms with E-state index in [9.17, 15) is 14.0 Å². The highest BCUT2D eigenvalue weighted by atomic mass is 19.1. The molecule has 3 aromatic rings. The van der Waals surface area contributed by atoms with Gasteiger partial charge in [0.15, 0.2) is 0 Å². The number of aromatic nitrogens is 1. The first-order valence-electron chi connectivity index (χ1n) is 12.7. The van der Waals surface area contributed by atoms with E-state index in [1.165, 1.54) is 12.1 Å². The normalized spacial score (nSPS) is 16.4. The van der Waals surface area contributed by atoms with Gasteiger partial charge >= 0.3 is 0 Å². The van der Waals surface area contributed by atoms with Gasteiger partial charge in [0, 0.05) is 68.0 Å². The molecule has 2 fully saturated rings. The van der Waals surface area contributed by atoms with E-state index >= 15 is 0 Å². The van der Waals surface area contributed by atoms with Crippen LogP contribution in [-0.2, 0) is 4.74 Å². The van der Waals surface area contributed by atoms with Crippen LogP contribution in [0.2, 0.25) is 0 Å². The Kier molecular flexibility index (Phi) is 7.52. The highest BCUT2D eigenvalue weighted by molar-refractivity contribution is 6.10. The molecule has 198 valence electrons. The summed E-state index contributed by atoms with van der Waals surface area (Å²) in [6, 6.07) is 13.0. The third kappa shape index (κ3) is 5.61. The van der Waals surface area contributed by atoms with Crippen molar-refractivity contribution in [3.63, 3.8) is 0 Å². The summed E-state index contributed by atoms with van der Waals surface area (Å²) in [6.45, 7) is 6.00. The molecule has 1 aromatic heterocycles. The molecule has 0 spiro atoms. The fourth-order valence-electron chi connectivity index (χ4n) is 4.83. The Morgan fingerprint density at radius 3 is 2.42 bits per heavy atom. The number of carbonyl (C=O) groups excluding carboxylic acids is 2. The maximum Gasteiger partial charge on any atom is 0.257 e. The predicted molar refractivity (Wildman–Crippen MR) is 145 cm³/mol. The van der Waals surface area contributed by atoms with Gasteiger partial charge in [-0.15, -0.1) is 0 Å². The van der Waals surface area contributed by atoms with Crippen LogP contribution in [0.5, 0.6) is 0 Å². The number of nitrogens with two attached hydrogens (primary N) is 1. The van der Waals surface area contributed by atoms with Gasteiger partial charge in [0.2, 0.25) is 5.91 Å². The lowest BCUT2D eigenvalue weighted by Gasteiger charge is -2.33. The molecular weight excluding hydrogens is 487 g/mol. The topological polar surface area (TPSA) is 104 Å². The highest BCUT2D eigenvalue weighted by Gasteiger charge is 2.21. The molecule has 9 nitrogen and oxygen atoms in total. The minimum absolute atomic E-state index is 0.185. The number of hydrogen-bond acceptors (Lipinski definition) is 7. The van der Waals surface area contributed by atoms with Crippen LogP contribution in [0, 0.1) is 5.82 Å². The molecule has 3 heterocycles. The van der Waals surface area contributed by atoms with Gasteiger partial charge in [-0.1, -0.05) is 6.07 Å². The Morgan fingerprint density at radius 1 is 0.974 bits per heavy atom. The van der Waals surface area contributed by atoms with Crippen molar-refractivity contribution in [1.29, 1.82) is 0 Å². The number of carbonyl (C=O) groups is 2. The van der Waals surface area contributed by atoms with Gasteiger partial charge in [-0.2, -0.15) is 0 Å². The number of hydrogen-bond donors (Lipinski definition) is 2. The molecule has 38 heavy (non-hydrogen) atoms. The van der Waals surface area contributed by atoms with E-state index in [0.29, 0.717) is 54.4 Å². The first-order chi connectivity index (χ1) is 18.4. The molecule has 5 rings (SSSR count). The van der Waals surface area contributed by atoms with Gasteiger partial charge in [-0.25, -0.2) is 9.37 Å². The van der Waals surface area contributed by atoms with Crippen molar-refractivity contribution < 1.29 is 18.7 Å². The van der Waals surface area contributed by atoms with Gasteiger partial charge in [0.25, 0.3) is 5.91 Å². The van der Waals surface area contributed by atoms with Crippen molar-refractivity contribution in [2.75, 3.05) is 74.6 Å². The van der Waals surface area contributed by atoms with E-state index in [2.05, 4.69) is 27.1 Å². The molecule has 3 N–H and O–H groups in total. The molecule has 2 saturated heterocycles. The van der Waals surface area contributed by atoms with Crippen molar-refractivity contribution in [2.24, 2.45) is 5.73 Å². The minimum atomic E-state index is -0.675. The Labute approximate surface area is 221 Å². The fourth-order valence-corrected chi connectivity index (χ4v) is 4.83. The molecule has 10 heteroatoms. The van der Waals surface area contributed by atoms with Crippen LogP contribution in [0.1, 0.15) is 20.7 Å². The summed E-state index contributed by atoms with van der Waals surface area (Å²) in [6.07, 6.45) is 1.54. The number of ether oxygens (including phenoxy) is 1. The quantitative estimate of drug-likeness (QED) is 0.517. The monoisotopic (exact) mass is 518 g/mol. The van der Waals surface area contributed by atoms with Crippen LogP contribution in [0.15, 0.2) is 54.7 Å². The maximum absolute atomic E-state index is 14.8. The molecule has 0 unspecified atom stereocenters. The summed E-state index contributed by atoms with van der Waals surface area (Å²) in [5.41, 5.74) is 8.07.